The summed E-state index contributed by atoms with van der Waals surface area (Å²) in [5.41, 5.74) is 13.7. The molecule has 0 amide bonds. The Labute approximate surface area is 173 Å². The second-order valence-electron chi connectivity index (χ2n) is 9.38. The highest BCUT2D eigenvalue weighted by molar-refractivity contribution is 5.95. The number of rotatable bonds is 1. The number of fused-ring (bicyclic) bond motifs is 7. The Morgan fingerprint density at radius 1 is 1.33 bits per heavy atom. The largest absolute Gasteiger partial charge is 0.398 e. The van der Waals surface area contributed by atoms with E-state index in [1.165, 1.54) is 28.5 Å². The van der Waals surface area contributed by atoms with Crippen LogP contribution in [0, 0.1) is 5.92 Å². The first kappa shape index (κ1) is 17.0. The number of nitrogens with zero attached hydrogens (tertiary/aromatic N) is 2. The molecule has 2 aliphatic carbocycles. The lowest BCUT2D eigenvalue weighted by Crippen LogP contribution is -2.40. The number of hydrogen-bond acceptors (Lipinski definition) is 5. The Bertz CT molecular complexity index is 1360. The Morgan fingerprint density at radius 2 is 2.20 bits per heavy atom. The summed E-state index contributed by atoms with van der Waals surface area (Å²) in [5, 5.41) is 12.3. The van der Waals surface area contributed by atoms with Gasteiger partial charge in [0.05, 0.1) is 36.7 Å². The van der Waals surface area contributed by atoms with Crippen molar-refractivity contribution in [3.8, 4) is 11.4 Å². The van der Waals surface area contributed by atoms with Gasteiger partial charge in [-0.2, -0.15) is 0 Å². The molecule has 1 saturated carbocycles. The third-order valence-corrected chi connectivity index (χ3v) is 7.83. The third-order valence-electron chi connectivity index (χ3n) is 7.83. The minimum atomic E-state index is -1.13. The van der Waals surface area contributed by atoms with Crippen LogP contribution in [0.1, 0.15) is 53.5 Å². The predicted molar refractivity (Wildman–Crippen MR) is 113 cm³/mol. The van der Waals surface area contributed by atoms with Gasteiger partial charge in [-0.05, 0) is 66.0 Å². The Hall–Kier alpha value is -2.70. The van der Waals surface area contributed by atoms with Gasteiger partial charge in [-0.3, -0.25) is 4.79 Å². The van der Waals surface area contributed by atoms with Crippen LogP contribution in [0.5, 0.6) is 0 Å². The molecule has 6 nitrogen and oxygen atoms in total. The van der Waals surface area contributed by atoms with E-state index in [4.69, 9.17) is 15.5 Å². The molecule has 0 saturated heterocycles. The highest BCUT2D eigenvalue weighted by Gasteiger charge is 2.47. The molecule has 6 heteroatoms. The molecule has 7 rings (SSSR count). The molecular weight excluding hydrogens is 378 g/mol. The smallest absolute Gasteiger partial charge is 0.257 e. The number of ether oxygens (including phenoxy) is 1. The highest BCUT2D eigenvalue weighted by Crippen LogP contribution is 2.58. The number of anilines is 1. The van der Waals surface area contributed by atoms with Gasteiger partial charge in [0.25, 0.3) is 5.56 Å². The van der Waals surface area contributed by atoms with E-state index in [1.54, 1.807) is 0 Å². The van der Waals surface area contributed by atoms with Crippen LogP contribution >= 0.6 is 0 Å². The summed E-state index contributed by atoms with van der Waals surface area (Å²) in [6.07, 6.45) is 2.72. The molecule has 1 fully saturated rings. The van der Waals surface area contributed by atoms with E-state index in [2.05, 4.69) is 0 Å². The van der Waals surface area contributed by atoms with E-state index in [1.807, 2.05) is 29.7 Å². The van der Waals surface area contributed by atoms with Crippen molar-refractivity contribution in [3.05, 3.63) is 56.4 Å². The highest BCUT2D eigenvalue weighted by atomic mass is 16.5. The lowest BCUT2D eigenvalue weighted by Gasteiger charge is -2.33. The number of aliphatic hydroxyl groups is 1. The maximum Gasteiger partial charge on any atom is 0.257 e. The van der Waals surface area contributed by atoms with Gasteiger partial charge in [0, 0.05) is 22.2 Å². The van der Waals surface area contributed by atoms with E-state index in [-0.39, 0.29) is 18.8 Å². The fraction of sp³-hybridized carbons (Fsp3) is 0.417. The molecule has 4 heterocycles. The summed E-state index contributed by atoms with van der Waals surface area (Å²) in [6, 6.07) is 5.97. The van der Waals surface area contributed by atoms with Crippen LogP contribution < -0.4 is 11.3 Å². The molecule has 152 valence electrons. The molecule has 4 aliphatic rings. The fourth-order valence-electron chi connectivity index (χ4n) is 6.05. The predicted octanol–water partition coefficient (Wildman–Crippen LogP) is 2.79. The molecule has 2 unspecified atom stereocenters. The standard InChI is InChI=1S/C24H23N3O3/c1-2-24(29)10-30-9-15-16(24)7-19-22-14(8-27(19)23(15)28)20-12-5-11(12)6-13-17(25)3-4-18(26-22)21(13)20/h3-4,7,11-12,29H,2,5-6,8-10,25H2,1H3/t11?,12?,24-/m1/s1. The van der Waals surface area contributed by atoms with Crippen LogP contribution in [0.2, 0.25) is 0 Å². The van der Waals surface area contributed by atoms with Crippen LogP contribution in [-0.4, -0.2) is 21.3 Å². The lowest BCUT2D eigenvalue weighted by molar-refractivity contribution is -0.0757. The van der Waals surface area contributed by atoms with Crippen molar-refractivity contribution in [2.75, 3.05) is 12.3 Å². The summed E-state index contributed by atoms with van der Waals surface area (Å²) >= 11 is 0. The topological polar surface area (TPSA) is 90.4 Å². The minimum Gasteiger partial charge on any atom is -0.398 e. The number of benzene rings is 1. The van der Waals surface area contributed by atoms with Gasteiger partial charge in [-0.15, -0.1) is 0 Å². The number of nitrogen functional groups attached to an aromatic ring is 1. The monoisotopic (exact) mass is 401 g/mol. The molecule has 0 bridgehead atoms. The zero-order chi connectivity index (χ0) is 20.4. The van der Waals surface area contributed by atoms with Crippen LogP contribution in [0.25, 0.3) is 22.3 Å². The van der Waals surface area contributed by atoms with Crippen molar-refractivity contribution < 1.29 is 9.84 Å². The summed E-state index contributed by atoms with van der Waals surface area (Å²) in [5.74, 6) is 1.21. The van der Waals surface area contributed by atoms with E-state index in [0.717, 1.165) is 29.0 Å². The second-order valence-corrected chi connectivity index (χ2v) is 9.38. The zero-order valence-electron chi connectivity index (χ0n) is 16.9. The summed E-state index contributed by atoms with van der Waals surface area (Å²) in [4.78, 5) is 18.5. The molecule has 0 radical (unpaired) electrons. The average Bonchev–Trinajstić information content (AvgIpc) is 3.44. The van der Waals surface area contributed by atoms with Crippen LogP contribution in [0.15, 0.2) is 23.0 Å². The van der Waals surface area contributed by atoms with Gasteiger partial charge in [0.2, 0.25) is 0 Å². The van der Waals surface area contributed by atoms with E-state index >= 15 is 0 Å². The molecule has 3 aromatic rings. The quantitative estimate of drug-likeness (QED) is 0.479. The zero-order valence-corrected chi connectivity index (χ0v) is 16.9. The maximum absolute atomic E-state index is 13.4. The van der Waals surface area contributed by atoms with E-state index in [0.29, 0.717) is 35.9 Å². The van der Waals surface area contributed by atoms with Gasteiger partial charge in [0.15, 0.2) is 0 Å². The molecule has 30 heavy (non-hydrogen) atoms. The number of aromatic nitrogens is 2. The third kappa shape index (κ3) is 1.92. The Kier molecular flexibility index (Phi) is 3.01. The second kappa shape index (κ2) is 5.31. The molecule has 0 spiro atoms. The Morgan fingerprint density at radius 3 is 3.03 bits per heavy atom. The van der Waals surface area contributed by atoms with Crippen LogP contribution in [0.3, 0.4) is 0 Å². The van der Waals surface area contributed by atoms with Gasteiger partial charge < -0.3 is 20.1 Å². The van der Waals surface area contributed by atoms with Crippen molar-refractivity contribution >= 4 is 16.6 Å². The summed E-state index contributed by atoms with van der Waals surface area (Å²) in [7, 11) is 0. The average molecular weight is 401 g/mol. The first-order valence-electron chi connectivity index (χ1n) is 10.8. The molecule has 1 aromatic carbocycles. The molecular formula is C24H23N3O3. The summed E-state index contributed by atoms with van der Waals surface area (Å²) < 4.78 is 7.42. The van der Waals surface area contributed by atoms with Gasteiger partial charge >= 0.3 is 0 Å². The number of nitrogens with two attached hydrogens (primary N) is 1. The first-order valence-corrected chi connectivity index (χ1v) is 10.8. The van der Waals surface area contributed by atoms with Crippen molar-refractivity contribution in [2.24, 2.45) is 5.92 Å². The van der Waals surface area contributed by atoms with E-state index in [9.17, 15) is 9.90 Å². The molecule has 3 atom stereocenters. The van der Waals surface area contributed by atoms with Crippen molar-refractivity contribution in [1.82, 2.24) is 9.55 Å². The normalized spacial score (nSPS) is 27.4. The fourth-order valence-corrected chi connectivity index (χ4v) is 6.05. The lowest BCUT2D eigenvalue weighted by atomic mass is 9.85. The van der Waals surface area contributed by atoms with Crippen LogP contribution in [-0.2, 0) is 29.9 Å². The first-order chi connectivity index (χ1) is 14.5. The molecule has 2 aliphatic heterocycles. The van der Waals surface area contributed by atoms with E-state index < -0.39 is 5.60 Å². The maximum atomic E-state index is 13.4. The molecule has 3 N–H and O–H groups in total. The minimum absolute atomic E-state index is 0.0637. The van der Waals surface area contributed by atoms with Crippen molar-refractivity contribution in [3.63, 3.8) is 0 Å². The number of pyridine rings is 2. The SMILES string of the molecule is CC[C@@]1(O)COCc2c1cc1n(c2=O)Cc2c-1nc1ccc(N)c3c1c2C1CC1C3. The number of hydrogen-bond donors (Lipinski definition) is 2. The van der Waals surface area contributed by atoms with Gasteiger partial charge in [-0.1, -0.05) is 6.92 Å². The van der Waals surface area contributed by atoms with Gasteiger partial charge in [0.1, 0.15) is 5.60 Å². The van der Waals surface area contributed by atoms with Crippen LogP contribution in [0.4, 0.5) is 5.69 Å². The summed E-state index contributed by atoms with van der Waals surface area (Å²) in [6.45, 7) is 2.93. The molecule has 2 aromatic heterocycles. The van der Waals surface area contributed by atoms with Crippen molar-refractivity contribution in [2.45, 2.75) is 50.9 Å². The Balaban J connectivity index is 1.55. The van der Waals surface area contributed by atoms with Gasteiger partial charge in [-0.25, -0.2) is 4.98 Å². The van der Waals surface area contributed by atoms with Crippen molar-refractivity contribution in [1.29, 1.82) is 0 Å².